The van der Waals surface area contributed by atoms with Crippen LogP contribution in [0, 0.1) is 0 Å². The van der Waals surface area contributed by atoms with Gasteiger partial charge in [0.15, 0.2) is 0 Å². The summed E-state index contributed by atoms with van der Waals surface area (Å²) in [6.07, 6.45) is 0.679. The summed E-state index contributed by atoms with van der Waals surface area (Å²) in [6, 6.07) is 6.83. The van der Waals surface area contributed by atoms with E-state index in [9.17, 15) is 9.90 Å². The van der Waals surface area contributed by atoms with Crippen molar-refractivity contribution in [3.63, 3.8) is 0 Å². The third-order valence-electron chi connectivity index (χ3n) is 3.07. The van der Waals surface area contributed by atoms with E-state index >= 15 is 0 Å². The van der Waals surface area contributed by atoms with Gasteiger partial charge < -0.3 is 15.7 Å². The molecule has 3 N–H and O–H groups in total. The van der Waals surface area contributed by atoms with Crippen LogP contribution in [0.1, 0.15) is 23.7 Å². The van der Waals surface area contributed by atoms with Gasteiger partial charge >= 0.3 is 0 Å². The average molecular weight is 220 g/mol. The number of nitrogens with zero attached hydrogens (tertiary/aromatic N) is 1. The number of amides is 1. The van der Waals surface area contributed by atoms with Crippen molar-refractivity contribution in [3.05, 3.63) is 29.8 Å². The first kappa shape index (κ1) is 11.0. The highest BCUT2D eigenvalue weighted by atomic mass is 16.3. The number of hydrogen-bond acceptors (Lipinski definition) is 3. The molecule has 0 spiro atoms. The van der Waals surface area contributed by atoms with Gasteiger partial charge in [-0.25, -0.2) is 0 Å². The summed E-state index contributed by atoms with van der Waals surface area (Å²) in [4.78, 5) is 13.6. The molecule has 1 fully saturated rings. The van der Waals surface area contributed by atoms with Gasteiger partial charge in [0.25, 0.3) is 5.91 Å². The first-order valence-corrected chi connectivity index (χ1v) is 5.41. The summed E-state index contributed by atoms with van der Waals surface area (Å²) >= 11 is 0. The summed E-state index contributed by atoms with van der Waals surface area (Å²) in [6.45, 7) is 2.77. The molecule has 4 nitrogen and oxygen atoms in total. The van der Waals surface area contributed by atoms with E-state index in [2.05, 4.69) is 0 Å². The first-order valence-electron chi connectivity index (χ1n) is 5.41. The van der Waals surface area contributed by atoms with Crippen molar-refractivity contribution in [2.24, 2.45) is 0 Å². The molecule has 1 heterocycles. The molecule has 1 amide bonds. The minimum atomic E-state index is -0.677. The van der Waals surface area contributed by atoms with Gasteiger partial charge in [0.05, 0.1) is 18.7 Å². The highest BCUT2D eigenvalue weighted by molar-refractivity contribution is 5.95. The van der Waals surface area contributed by atoms with Crippen molar-refractivity contribution in [2.75, 3.05) is 18.8 Å². The lowest BCUT2D eigenvalue weighted by Gasteiger charge is -2.46. The van der Waals surface area contributed by atoms with E-state index in [1.54, 1.807) is 29.2 Å². The molecule has 2 rings (SSSR count). The predicted molar refractivity (Wildman–Crippen MR) is 62.0 cm³/mol. The standard InChI is InChI=1S/C12H16N2O2/c1-2-12(16)7-14(8-12)11(15)9-3-5-10(13)6-4-9/h3-6,16H,2,7-8,13H2,1H3. The number of rotatable bonds is 2. The topological polar surface area (TPSA) is 66.6 Å². The van der Waals surface area contributed by atoms with Crippen LogP contribution in [0.25, 0.3) is 0 Å². The van der Waals surface area contributed by atoms with Gasteiger partial charge in [-0.1, -0.05) is 6.92 Å². The largest absolute Gasteiger partial charge is 0.399 e. The molecule has 1 saturated heterocycles. The molecule has 0 unspecified atom stereocenters. The highest BCUT2D eigenvalue weighted by Crippen LogP contribution is 2.25. The number of anilines is 1. The molecule has 1 aliphatic rings. The Morgan fingerprint density at radius 3 is 2.50 bits per heavy atom. The zero-order valence-corrected chi connectivity index (χ0v) is 9.31. The van der Waals surface area contributed by atoms with Crippen LogP contribution in [0.15, 0.2) is 24.3 Å². The second kappa shape index (κ2) is 3.79. The average Bonchev–Trinajstić information content (AvgIpc) is 2.25. The van der Waals surface area contributed by atoms with Crippen molar-refractivity contribution in [3.8, 4) is 0 Å². The number of nitrogen functional groups attached to an aromatic ring is 1. The van der Waals surface area contributed by atoms with Crippen LogP contribution in [0.3, 0.4) is 0 Å². The lowest BCUT2D eigenvalue weighted by Crippen LogP contribution is -2.63. The Balaban J connectivity index is 2.03. The van der Waals surface area contributed by atoms with E-state index in [1.807, 2.05) is 6.92 Å². The molecule has 1 aliphatic heterocycles. The van der Waals surface area contributed by atoms with E-state index < -0.39 is 5.60 Å². The van der Waals surface area contributed by atoms with Crippen molar-refractivity contribution < 1.29 is 9.90 Å². The molecule has 0 aromatic heterocycles. The number of likely N-dealkylation sites (tertiary alicyclic amines) is 1. The van der Waals surface area contributed by atoms with Gasteiger partial charge in [0.2, 0.25) is 0 Å². The van der Waals surface area contributed by atoms with E-state index in [0.29, 0.717) is 30.8 Å². The lowest BCUT2D eigenvalue weighted by atomic mass is 9.90. The van der Waals surface area contributed by atoms with Crippen molar-refractivity contribution in [1.82, 2.24) is 4.90 Å². The Kier molecular flexibility index (Phi) is 2.59. The summed E-state index contributed by atoms with van der Waals surface area (Å²) in [5, 5.41) is 9.82. The van der Waals surface area contributed by atoms with Crippen LogP contribution in [0.5, 0.6) is 0 Å². The molecule has 16 heavy (non-hydrogen) atoms. The molecule has 0 saturated carbocycles. The molecule has 86 valence electrons. The fourth-order valence-corrected chi connectivity index (χ4v) is 1.84. The summed E-state index contributed by atoms with van der Waals surface area (Å²) in [5.74, 6) is -0.0434. The van der Waals surface area contributed by atoms with Crippen LogP contribution >= 0.6 is 0 Å². The van der Waals surface area contributed by atoms with Crippen molar-refractivity contribution in [2.45, 2.75) is 18.9 Å². The maximum atomic E-state index is 11.9. The van der Waals surface area contributed by atoms with E-state index in [0.717, 1.165) is 0 Å². The minimum absolute atomic E-state index is 0.0434. The fourth-order valence-electron chi connectivity index (χ4n) is 1.84. The Morgan fingerprint density at radius 2 is 2.00 bits per heavy atom. The third kappa shape index (κ3) is 1.88. The number of hydrogen-bond donors (Lipinski definition) is 2. The maximum absolute atomic E-state index is 11.9. The second-order valence-corrected chi connectivity index (χ2v) is 4.36. The van der Waals surface area contributed by atoms with Crippen LogP contribution in [-0.4, -0.2) is 34.6 Å². The summed E-state index contributed by atoms with van der Waals surface area (Å²) in [5.41, 5.74) is 6.13. The van der Waals surface area contributed by atoms with Gasteiger partial charge in [-0.3, -0.25) is 4.79 Å². The Bertz CT molecular complexity index is 394. The van der Waals surface area contributed by atoms with Crippen LogP contribution < -0.4 is 5.73 Å². The van der Waals surface area contributed by atoms with Gasteiger partial charge in [0, 0.05) is 11.3 Å². The molecule has 4 heteroatoms. The van der Waals surface area contributed by atoms with Crippen LogP contribution in [0.2, 0.25) is 0 Å². The molecule has 0 radical (unpaired) electrons. The predicted octanol–water partition coefficient (Wildman–Crippen LogP) is 0.866. The number of aliphatic hydroxyl groups is 1. The zero-order chi connectivity index (χ0) is 11.8. The fraction of sp³-hybridized carbons (Fsp3) is 0.417. The Labute approximate surface area is 94.7 Å². The Hall–Kier alpha value is -1.55. The SMILES string of the molecule is CCC1(O)CN(C(=O)c2ccc(N)cc2)C1. The van der Waals surface area contributed by atoms with Crippen LogP contribution in [0.4, 0.5) is 5.69 Å². The molecule has 1 aromatic rings. The zero-order valence-electron chi connectivity index (χ0n) is 9.31. The quantitative estimate of drug-likeness (QED) is 0.727. The molecular formula is C12H16N2O2. The number of carbonyl (C=O) groups is 1. The van der Waals surface area contributed by atoms with Crippen LogP contribution in [-0.2, 0) is 0 Å². The second-order valence-electron chi connectivity index (χ2n) is 4.36. The number of benzene rings is 1. The summed E-state index contributed by atoms with van der Waals surface area (Å²) < 4.78 is 0. The van der Waals surface area contributed by atoms with E-state index in [-0.39, 0.29) is 5.91 Å². The van der Waals surface area contributed by atoms with Gasteiger partial charge in [0.1, 0.15) is 0 Å². The monoisotopic (exact) mass is 220 g/mol. The molecule has 0 atom stereocenters. The first-order chi connectivity index (χ1) is 7.54. The smallest absolute Gasteiger partial charge is 0.254 e. The van der Waals surface area contributed by atoms with E-state index in [4.69, 9.17) is 5.73 Å². The third-order valence-corrected chi connectivity index (χ3v) is 3.07. The minimum Gasteiger partial charge on any atom is -0.399 e. The number of β-amino-alcohol motifs (C(OH)–C–C–N with tert-alkyl or cyclic N) is 1. The molecular weight excluding hydrogens is 204 g/mol. The number of carbonyl (C=O) groups excluding carboxylic acids is 1. The van der Waals surface area contributed by atoms with Crippen molar-refractivity contribution in [1.29, 1.82) is 0 Å². The molecule has 0 aliphatic carbocycles. The number of nitrogens with two attached hydrogens (primary N) is 1. The normalized spacial score (nSPS) is 18.0. The van der Waals surface area contributed by atoms with Gasteiger partial charge in [-0.2, -0.15) is 0 Å². The maximum Gasteiger partial charge on any atom is 0.254 e. The van der Waals surface area contributed by atoms with Crippen molar-refractivity contribution >= 4 is 11.6 Å². The summed E-state index contributed by atoms with van der Waals surface area (Å²) in [7, 11) is 0. The molecule has 0 bridgehead atoms. The van der Waals surface area contributed by atoms with Gasteiger partial charge in [-0.15, -0.1) is 0 Å². The molecule has 1 aromatic carbocycles. The van der Waals surface area contributed by atoms with Gasteiger partial charge in [-0.05, 0) is 30.7 Å². The lowest BCUT2D eigenvalue weighted by molar-refractivity contribution is -0.0826. The highest BCUT2D eigenvalue weighted by Gasteiger charge is 2.42. The van der Waals surface area contributed by atoms with E-state index in [1.165, 1.54) is 0 Å². The Morgan fingerprint density at radius 1 is 1.44 bits per heavy atom.